The predicted molar refractivity (Wildman–Crippen MR) is 121 cm³/mol. The minimum absolute atomic E-state index is 0.178. The van der Waals surface area contributed by atoms with Crippen LogP contribution in [0.1, 0.15) is 102 Å². The molecule has 0 saturated heterocycles. The van der Waals surface area contributed by atoms with Crippen LogP contribution in [0.2, 0.25) is 0 Å². The van der Waals surface area contributed by atoms with Crippen LogP contribution in [-0.4, -0.2) is 41.7 Å². The van der Waals surface area contributed by atoms with E-state index in [4.69, 9.17) is 5.11 Å². The van der Waals surface area contributed by atoms with Gasteiger partial charge in [0, 0.05) is 0 Å². The number of para-hydroxylation sites is 1. The van der Waals surface area contributed by atoms with Crippen molar-refractivity contribution in [3.63, 3.8) is 0 Å². The monoisotopic (exact) mass is 407 g/mol. The van der Waals surface area contributed by atoms with Gasteiger partial charge in [0.05, 0.1) is 31.7 Å². The summed E-state index contributed by atoms with van der Waals surface area (Å²) in [6, 6.07) is 5.54. The van der Waals surface area contributed by atoms with Crippen molar-refractivity contribution < 1.29 is 19.5 Å². The van der Waals surface area contributed by atoms with Gasteiger partial charge in [-0.3, -0.25) is 0 Å². The van der Waals surface area contributed by atoms with Gasteiger partial charge in [-0.15, -0.1) is 0 Å². The lowest BCUT2D eigenvalue weighted by Gasteiger charge is -2.35. The molecule has 0 bridgehead atoms. The molecule has 0 saturated carbocycles. The summed E-state index contributed by atoms with van der Waals surface area (Å²) in [6.07, 6.45) is 14.5. The van der Waals surface area contributed by atoms with Crippen LogP contribution in [0.25, 0.3) is 0 Å². The zero-order chi connectivity index (χ0) is 22.0. The number of quaternary nitrogens is 1. The van der Waals surface area contributed by atoms with Crippen LogP contribution in [0, 0.1) is 0 Å². The number of unbranched alkanes of at least 4 members (excludes halogenated alkanes) is 9. The molecule has 29 heavy (non-hydrogen) atoms. The van der Waals surface area contributed by atoms with Crippen LogP contribution in [0.5, 0.6) is 5.75 Å². The number of carbonyl (C=O) groups is 1. The molecule has 0 aromatic heterocycles. The molecule has 1 aromatic carbocycles. The van der Waals surface area contributed by atoms with E-state index >= 15 is 0 Å². The summed E-state index contributed by atoms with van der Waals surface area (Å²) in [5.41, 5.74) is -0.178. The van der Waals surface area contributed by atoms with E-state index in [2.05, 4.69) is 27.7 Å². The van der Waals surface area contributed by atoms with Crippen LogP contribution in [0.15, 0.2) is 24.3 Å². The number of carboxylic acid groups (broad SMARTS) is 1. The van der Waals surface area contributed by atoms with Crippen molar-refractivity contribution in [1.82, 2.24) is 0 Å². The number of rotatable bonds is 15. The molecule has 4 heteroatoms. The number of aromatic carboxylic acids is 1. The molecule has 0 heterocycles. The highest BCUT2D eigenvalue weighted by atomic mass is 16.4. The second kappa shape index (κ2) is 17.3. The smallest absolute Gasteiger partial charge is 0.335 e. The number of carboxylic acids is 1. The van der Waals surface area contributed by atoms with Gasteiger partial charge in [-0.25, -0.2) is 4.79 Å². The average molecular weight is 408 g/mol. The number of hydrogen-bond acceptors (Lipinski definition) is 2. The predicted octanol–water partition coefficient (Wildman–Crippen LogP) is 6.24. The molecule has 0 atom stereocenters. The molecule has 0 radical (unpaired) electrons. The molecule has 0 aliphatic carbocycles. The maximum Gasteiger partial charge on any atom is 0.335 e. The molecular weight excluding hydrogens is 362 g/mol. The molecule has 4 nitrogen and oxygen atoms in total. The Kier molecular flexibility index (Phi) is 16.4. The van der Waals surface area contributed by atoms with Gasteiger partial charge < -0.3 is 14.7 Å². The first-order chi connectivity index (χ1) is 14.0. The Balaban J connectivity index is 0.000000651. The fraction of sp³-hybridized carbons (Fsp3) is 0.720. The van der Waals surface area contributed by atoms with Crippen molar-refractivity contribution in [2.24, 2.45) is 0 Å². The minimum atomic E-state index is -1.18. The van der Waals surface area contributed by atoms with E-state index in [0.29, 0.717) is 0 Å². The summed E-state index contributed by atoms with van der Waals surface area (Å²) in [4.78, 5) is 10.2. The van der Waals surface area contributed by atoms with E-state index < -0.39 is 11.7 Å². The molecule has 0 aliphatic rings. The molecule has 0 fully saturated rings. The second-order valence-corrected chi connectivity index (χ2v) is 8.00. The normalized spacial score (nSPS) is 11.0. The number of nitrogens with zero attached hydrogens (tertiary/aromatic N) is 1. The highest BCUT2D eigenvalue weighted by Gasteiger charge is 2.19. The fourth-order valence-corrected chi connectivity index (χ4v) is 3.72. The van der Waals surface area contributed by atoms with Crippen molar-refractivity contribution >= 4 is 5.97 Å². The zero-order valence-electron chi connectivity index (χ0n) is 19.4. The van der Waals surface area contributed by atoms with Crippen molar-refractivity contribution in [2.75, 3.05) is 26.2 Å². The Labute approximate surface area is 179 Å². The van der Waals surface area contributed by atoms with Crippen molar-refractivity contribution in [2.45, 2.75) is 91.9 Å². The standard InChI is InChI=1S/C18H40N.C7H6O3/c1-5-9-10-11-12-13-14-15-16-17-18-19(6-2,7-3)8-4;8-6-4-2-1-3-5(6)7(9)10/h5-18H2,1-4H3;1-4,8H,(H,9,10)/q+1;/p-1. The van der Waals surface area contributed by atoms with Crippen LogP contribution in [-0.2, 0) is 0 Å². The van der Waals surface area contributed by atoms with Crippen molar-refractivity contribution in [3.8, 4) is 5.75 Å². The van der Waals surface area contributed by atoms with Gasteiger partial charge in [-0.1, -0.05) is 82.2 Å². The molecule has 168 valence electrons. The van der Waals surface area contributed by atoms with E-state index in [9.17, 15) is 9.90 Å². The van der Waals surface area contributed by atoms with Gasteiger partial charge in [-0.2, -0.15) is 0 Å². The first kappa shape index (κ1) is 27.5. The van der Waals surface area contributed by atoms with Gasteiger partial charge in [0.15, 0.2) is 0 Å². The molecule has 0 aliphatic heterocycles. The molecule has 0 amide bonds. The Hall–Kier alpha value is -1.55. The van der Waals surface area contributed by atoms with E-state index in [-0.39, 0.29) is 5.56 Å². The van der Waals surface area contributed by atoms with Crippen LogP contribution in [0.3, 0.4) is 0 Å². The maximum absolute atomic E-state index is 10.7. The van der Waals surface area contributed by atoms with Crippen LogP contribution < -0.4 is 5.11 Å². The zero-order valence-corrected chi connectivity index (χ0v) is 19.4. The molecule has 1 rings (SSSR count). The summed E-state index contributed by atoms with van der Waals surface area (Å²) in [5, 5.41) is 19.0. The summed E-state index contributed by atoms with van der Waals surface area (Å²) in [7, 11) is 0. The Bertz CT molecular complexity index is 518. The Morgan fingerprint density at radius 2 is 1.24 bits per heavy atom. The number of hydrogen-bond donors (Lipinski definition) is 1. The third-order valence-corrected chi connectivity index (χ3v) is 6.12. The minimum Gasteiger partial charge on any atom is -0.872 e. The third-order valence-electron chi connectivity index (χ3n) is 6.12. The van der Waals surface area contributed by atoms with Gasteiger partial charge in [0.25, 0.3) is 0 Å². The average Bonchev–Trinajstić information content (AvgIpc) is 2.73. The van der Waals surface area contributed by atoms with E-state index in [1.807, 2.05) is 0 Å². The molecule has 0 spiro atoms. The number of benzene rings is 1. The molecular formula is C25H45NO3. The van der Waals surface area contributed by atoms with Crippen molar-refractivity contribution in [3.05, 3.63) is 29.8 Å². The summed E-state index contributed by atoms with van der Waals surface area (Å²) in [5.74, 6) is -1.62. The lowest BCUT2D eigenvalue weighted by Crippen LogP contribution is -2.48. The summed E-state index contributed by atoms with van der Waals surface area (Å²) in [6.45, 7) is 14.7. The largest absolute Gasteiger partial charge is 0.872 e. The van der Waals surface area contributed by atoms with E-state index in [1.165, 1.54) is 119 Å². The second-order valence-electron chi connectivity index (χ2n) is 8.00. The molecule has 1 N–H and O–H groups in total. The lowest BCUT2D eigenvalue weighted by molar-refractivity contribution is -0.923. The molecule has 0 unspecified atom stereocenters. The van der Waals surface area contributed by atoms with E-state index in [0.717, 1.165) is 0 Å². The highest BCUT2D eigenvalue weighted by Crippen LogP contribution is 2.13. The van der Waals surface area contributed by atoms with Crippen molar-refractivity contribution in [1.29, 1.82) is 0 Å². The van der Waals surface area contributed by atoms with E-state index in [1.54, 1.807) is 0 Å². The summed E-state index contributed by atoms with van der Waals surface area (Å²) >= 11 is 0. The molecule has 1 aromatic rings. The topological polar surface area (TPSA) is 60.4 Å². The Morgan fingerprint density at radius 3 is 1.62 bits per heavy atom. The SMILES string of the molecule is CCCCCCCCCCCC[N+](CC)(CC)CC.O=C(O)c1ccccc1[O-]. The quantitative estimate of drug-likeness (QED) is 0.276. The van der Waals surface area contributed by atoms with Gasteiger partial charge in [0.2, 0.25) is 0 Å². The van der Waals surface area contributed by atoms with Gasteiger partial charge in [0.1, 0.15) is 0 Å². The van der Waals surface area contributed by atoms with Crippen LogP contribution >= 0.6 is 0 Å². The summed E-state index contributed by atoms with van der Waals surface area (Å²) < 4.78 is 1.33. The fourth-order valence-electron chi connectivity index (χ4n) is 3.72. The highest BCUT2D eigenvalue weighted by molar-refractivity contribution is 5.90. The Morgan fingerprint density at radius 1 is 0.793 bits per heavy atom. The lowest BCUT2D eigenvalue weighted by atomic mass is 10.1. The third kappa shape index (κ3) is 12.6. The maximum atomic E-state index is 10.7. The first-order valence-electron chi connectivity index (χ1n) is 11.8. The van der Waals surface area contributed by atoms with Gasteiger partial charge in [-0.05, 0) is 39.7 Å². The van der Waals surface area contributed by atoms with Crippen LogP contribution in [0.4, 0.5) is 0 Å². The van der Waals surface area contributed by atoms with Gasteiger partial charge >= 0.3 is 5.97 Å². The first-order valence-corrected chi connectivity index (χ1v) is 11.8.